The molecule has 4 aromatic rings. The van der Waals surface area contributed by atoms with Crippen LogP contribution in [-0.2, 0) is 15.9 Å². The van der Waals surface area contributed by atoms with Gasteiger partial charge in [-0.3, -0.25) is 9.88 Å². The molecule has 9 nitrogen and oxygen atoms in total. The summed E-state index contributed by atoms with van der Waals surface area (Å²) in [7, 11) is 3.18. The van der Waals surface area contributed by atoms with E-state index in [2.05, 4.69) is 14.9 Å². The minimum Gasteiger partial charge on any atom is -0.508 e. The van der Waals surface area contributed by atoms with Crippen LogP contribution < -0.4 is 9.64 Å². The van der Waals surface area contributed by atoms with Crippen LogP contribution in [0.2, 0.25) is 0 Å². The Kier molecular flexibility index (Phi) is 7.93. The number of aromatic hydroxyl groups is 1. The summed E-state index contributed by atoms with van der Waals surface area (Å²) in [5, 5.41) is 12.0. The number of fused-ring (bicyclic) bond motifs is 3. The van der Waals surface area contributed by atoms with Crippen molar-refractivity contribution in [3.05, 3.63) is 47.7 Å². The Morgan fingerprint density at radius 3 is 2.65 bits per heavy atom. The number of anilines is 1. The third-order valence-corrected chi connectivity index (χ3v) is 10.1. The summed E-state index contributed by atoms with van der Waals surface area (Å²) in [6.07, 6.45) is 4.45. The number of pyridine rings is 1. The quantitative estimate of drug-likeness (QED) is 0.236. The molecule has 3 fully saturated rings. The van der Waals surface area contributed by atoms with Gasteiger partial charge in [-0.15, -0.1) is 0 Å². The van der Waals surface area contributed by atoms with Crippen molar-refractivity contribution in [3.63, 3.8) is 0 Å². The van der Waals surface area contributed by atoms with Gasteiger partial charge in [0.25, 0.3) is 0 Å². The number of phenols is 1. The van der Waals surface area contributed by atoms with E-state index in [0.717, 1.165) is 25.8 Å². The van der Waals surface area contributed by atoms with Crippen molar-refractivity contribution in [1.29, 1.82) is 0 Å². The molecule has 2 aromatic heterocycles. The number of nitrogens with zero attached hydrogens (tertiary/aromatic N) is 5. The Balaban J connectivity index is 1.38. The van der Waals surface area contributed by atoms with Crippen LogP contribution in [0.1, 0.15) is 44.6 Å². The van der Waals surface area contributed by atoms with E-state index in [1.165, 1.54) is 24.4 Å². The summed E-state index contributed by atoms with van der Waals surface area (Å²) in [5.74, 6) is -1.75. The first-order valence-corrected chi connectivity index (χ1v) is 15.9. The first-order valence-electron chi connectivity index (χ1n) is 15.9. The smallest absolute Gasteiger partial charge is 0.319 e. The molecular weight excluding hydrogens is 599 g/mol. The van der Waals surface area contributed by atoms with E-state index < -0.39 is 29.1 Å². The van der Waals surface area contributed by atoms with E-state index in [1.54, 1.807) is 20.3 Å². The summed E-state index contributed by atoms with van der Waals surface area (Å²) in [5.41, 5.74) is 0.0886. The summed E-state index contributed by atoms with van der Waals surface area (Å²) in [6, 6.07) is 5.79. The van der Waals surface area contributed by atoms with Crippen LogP contribution in [0.4, 0.5) is 19.0 Å². The second kappa shape index (κ2) is 11.8. The van der Waals surface area contributed by atoms with Crippen LogP contribution in [0.3, 0.4) is 0 Å². The topological polar surface area (TPSA) is 93.1 Å². The first-order chi connectivity index (χ1) is 22.2. The summed E-state index contributed by atoms with van der Waals surface area (Å²) < 4.78 is 64.1. The van der Waals surface area contributed by atoms with Gasteiger partial charge < -0.3 is 24.2 Å². The molecule has 3 aliphatic heterocycles. The second-order valence-electron chi connectivity index (χ2n) is 12.7. The summed E-state index contributed by atoms with van der Waals surface area (Å²) in [6.45, 7) is 4.10. The van der Waals surface area contributed by atoms with Crippen LogP contribution in [0, 0.1) is 11.6 Å². The van der Waals surface area contributed by atoms with Crippen LogP contribution in [0.25, 0.3) is 32.9 Å². The molecule has 2 atom stereocenters. The number of rotatable bonds is 8. The lowest BCUT2D eigenvalue weighted by molar-refractivity contribution is -0.209. The van der Waals surface area contributed by atoms with E-state index >= 15 is 4.39 Å². The number of hydrogen-bond acceptors (Lipinski definition) is 9. The Hall–Kier alpha value is -3.74. The summed E-state index contributed by atoms with van der Waals surface area (Å²) in [4.78, 5) is 17.9. The number of hydrogen-bond donors (Lipinski definition) is 1. The zero-order chi connectivity index (χ0) is 32.2. The van der Waals surface area contributed by atoms with E-state index in [9.17, 15) is 13.9 Å². The zero-order valence-corrected chi connectivity index (χ0v) is 26.3. The lowest BCUT2D eigenvalue weighted by Crippen LogP contribution is -2.51. The predicted octanol–water partition coefficient (Wildman–Crippen LogP) is 5.94. The number of aryl methyl sites for hydroxylation is 1. The number of benzene rings is 2. The monoisotopic (exact) mass is 637 g/mol. The number of halogens is 3. The highest BCUT2D eigenvalue weighted by atomic mass is 19.1. The van der Waals surface area contributed by atoms with E-state index in [1.807, 2.05) is 11.8 Å². The Labute approximate surface area is 265 Å². The Bertz CT molecular complexity index is 1800. The maximum Gasteiger partial charge on any atom is 0.319 e. The number of phenolic OH excluding ortho intramolecular Hbond substituents is 1. The molecule has 0 spiro atoms. The average molecular weight is 638 g/mol. The number of piperidine rings is 1. The number of methoxy groups -OCH3 is 2. The van der Waals surface area contributed by atoms with Gasteiger partial charge in [-0.2, -0.15) is 9.97 Å². The van der Waals surface area contributed by atoms with Crippen molar-refractivity contribution in [2.75, 3.05) is 51.9 Å². The van der Waals surface area contributed by atoms with Crippen molar-refractivity contribution in [1.82, 2.24) is 19.9 Å². The number of alkyl halides is 1. The van der Waals surface area contributed by atoms with Crippen molar-refractivity contribution in [2.45, 2.75) is 62.9 Å². The van der Waals surface area contributed by atoms with Gasteiger partial charge in [-0.05, 0) is 66.8 Å². The van der Waals surface area contributed by atoms with Crippen LogP contribution in [0.15, 0.2) is 30.5 Å². The van der Waals surface area contributed by atoms with Gasteiger partial charge in [-0.1, -0.05) is 13.0 Å². The highest BCUT2D eigenvalue weighted by Crippen LogP contribution is 2.42. The molecule has 0 unspecified atom stereocenters. The van der Waals surface area contributed by atoms with E-state index in [-0.39, 0.29) is 35.1 Å². The molecule has 5 heterocycles. The van der Waals surface area contributed by atoms with Gasteiger partial charge in [-0.25, -0.2) is 13.2 Å². The van der Waals surface area contributed by atoms with Crippen molar-refractivity contribution in [3.8, 4) is 23.0 Å². The molecule has 0 aliphatic carbocycles. The lowest BCUT2D eigenvalue weighted by Gasteiger charge is -2.41. The molecule has 0 saturated carbocycles. The highest BCUT2D eigenvalue weighted by molar-refractivity contribution is 6.01. The lowest BCUT2D eigenvalue weighted by atomic mass is 9.94. The number of ether oxygens (including phenoxy) is 3. The molecule has 0 radical (unpaired) electrons. The third-order valence-electron chi connectivity index (χ3n) is 10.1. The van der Waals surface area contributed by atoms with Gasteiger partial charge in [0, 0.05) is 51.9 Å². The fourth-order valence-corrected chi connectivity index (χ4v) is 7.78. The largest absolute Gasteiger partial charge is 0.508 e. The molecule has 7 rings (SSSR count). The molecule has 0 bridgehead atoms. The molecule has 3 saturated heterocycles. The van der Waals surface area contributed by atoms with Gasteiger partial charge in [0.1, 0.15) is 41.4 Å². The fraction of sp³-hybridized carbons (Fsp3) is 0.500. The molecule has 46 heavy (non-hydrogen) atoms. The van der Waals surface area contributed by atoms with Crippen LogP contribution in [0.5, 0.6) is 11.8 Å². The molecule has 3 aliphatic rings. The average Bonchev–Trinajstić information content (AvgIpc) is 3.59. The second-order valence-corrected chi connectivity index (χ2v) is 12.7. The molecule has 244 valence electrons. The maximum atomic E-state index is 16.9. The molecule has 0 amide bonds. The van der Waals surface area contributed by atoms with Crippen LogP contribution >= 0.6 is 0 Å². The molecule has 12 heteroatoms. The molecular formula is C34H38F3N5O4. The molecule has 2 aromatic carbocycles. The highest BCUT2D eigenvalue weighted by Gasteiger charge is 2.49. The predicted molar refractivity (Wildman–Crippen MR) is 168 cm³/mol. The first kappa shape index (κ1) is 30.9. The van der Waals surface area contributed by atoms with Crippen molar-refractivity contribution in [2.24, 2.45) is 0 Å². The van der Waals surface area contributed by atoms with E-state index in [0.29, 0.717) is 66.4 Å². The molecule has 1 N–H and O–H groups in total. The van der Waals surface area contributed by atoms with E-state index in [4.69, 9.17) is 19.2 Å². The SMILES string of the molecule is CCc1c(F)ccc2cc(O)cc(-c3ncc4c(N5CCCC(OC)(OC)C5)nc(OC[C@@]56CCCN5C[C@H](F)C6)nc4c3F)c12. The van der Waals surface area contributed by atoms with Gasteiger partial charge in [0.15, 0.2) is 11.6 Å². The Morgan fingerprint density at radius 1 is 1.07 bits per heavy atom. The van der Waals surface area contributed by atoms with Gasteiger partial charge >= 0.3 is 6.01 Å². The Morgan fingerprint density at radius 2 is 1.87 bits per heavy atom. The normalized spacial score (nSPS) is 23.0. The maximum absolute atomic E-state index is 16.9. The third kappa shape index (κ3) is 5.10. The minimum absolute atomic E-state index is 0.0301. The summed E-state index contributed by atoms with van der Waals surface area (Å²) >= 11 is 0. The van der Waals surface area contributed by atoms with Crippen molar-refractivity contribution < 1.29 is 32.5 Å². The number of aromatic nitrogens is 3. The van der Waals surface area contributed by atoms with Crippen molar-refractivity contribution >= 4 is 27.5 Å². The minimum atomic E-state index is -0.928. The van der Waals surface area contributed by atoms with Gasteiger partial charge in [0.2, 0.25) is 0 Å². The van der Waals surface area contributed by atoms with Crippen LogP contribution in [-0.4, -0.2) is 89.5 Å². The van der Waals surface area contributed by atoms with Gasteiger partial charge in [0.05, 0.1) is 17.5 Å². The zero-order valence-electron chi connectivity index (χ0n) is 26.3. The standard InChI is InChI=1S/C34H38F3N5O4/c1-4-23-26(36)8-7-20-13-22(43)14-24(27(20)23)29-28(37)30-25(16-38-29)31(41-11-6-10-34(18-41,44-2)45-3)40-32(39-30)46-19-33-9-5-12-42(33)17-21(35)15-33/h7-8,13-14,16,21,43H,4-6,9-12,15,17-19H2,1-3H3/t21-,33+/m1/s1. The fourth-order valence-electron chi connectivity index (χ4n) is 7.78.